The third kappa shape index (κ3) is 3.08. The van der Waals surface area contributed by atoms with Gasteiger partial charge in [0, 0.05) is 43.6 Å². The minimum Gasteiger partial charge on any atom is -0.369 e. The Morgan fingerprint density at radius 1 is 1.32 bits per heavy atom. The molecule has 2 bridgehead atoms. The van der Waals surface area contributed by atoms with E-state index >= 15 is 0 Å². The van der Waals surface area contributed by atoms with Crippen LogP contribution >= 0.6 is 0 Å². The Balaban J connectivity index is 1.41. The normalized spacial score (nSPS) is 31.1. The number of ether oxygens (including phenoxy) is 1. The summed E-state index contributed by atoms with van der Waals surface area (Å²) in [5.74, 6) is 1.17. The molecule has 4 rings (SSSR count). The monoisotopic (exact) mass is 388 g/mol. The van der Waals surface area contributed by atoms with E-state index in [2.05, 4.69) is 24.1 Å². The van der Waals surface area contributed by atoms with Crippen LogP contribution in [0.25, 0.3) is 0 Å². The Morgan fingerprint density at radius 3 is 2.71 bits per heavy atom. The van der Waals surface area contributed by atoms with E-state index in [-0.39, 0.29) is 17.3 Å². The summed E-state index contributed by atoms with van der Waals surface area (Å²) in [6.45, 7) is 8.39. The van der Waals surface area contributed by atoms with E-state index in [0.717, 1.165) is 43.9 Å². The average Bonchev–Trinajstić information content (AvgIpc) is 3.32. The van der Waals surface area contributed by atoms with Gasteiger partial charge < -0.3 is 14.5 Å². The van der Waals surface area contributed by atoms with Gasteiger partial charge >= 0.3 is 0 Å². The first-order chi connectivity index (χ1) is 13.2. The summed E-state index contributed by atoms with van der Waals surface area (Å²) >= 11 is 0. The van der Waals surface area contributed by atoms with Crippen molar-refractivity contribution in [2.45, 2.75) is 58.3 Å². The highest BCUT2D eigenvalue weighted by molar-refractivity contribution is 5.96. The number of carbonyl (C=O) groups excluding carboxylic acids is 2. The van der Waals surface area contributed by atoms with Crippen molar-refractivity contribution in [1.82, 2.24) is 19.6 Å². The number of aromatic nitrogens is 2. The van der Waals surface area contributed by atoms with Crippen molar-refractivity contribution < 1.29 is 14.3 Å². The minimum absolute atomic E-state index is 0.0268. The van der Waals surface area contributed by atoms with Crippen molar-refractivity contribution in [3.8, 4) is 0 Å². The Hall–Kier alpha value is -1.73. The van der Waals surface area contributed by atoms with Gasteiger partial charge in [-0.05, 0) is 47.7 Å². The zero-order chi connectivity index (χ0) is 20.2. The second-order valence-corrected chi connectivity index (χ2v) is 9.14. The highest BCUT2D eigenvalue weighted by Crippen LogP contribution is 2.54. The van der Waals surface area contributed by atoms with Crippen molar-refractivity contribution in [2.24, 2.45) is 11.8 Å². The highest BCUT2D eigenvalue weighted by atomic mass is 16.5. The molecule has 0 aliphatic carbocycles. The van der Waals surface area contributed by atoms with Crippen molar-refractivity contribution in [3.05, 3.63) is 17.0 Å². The van der Waals surface area contributed by atoms with Crippen LogP contribution in [0.4, 0.5) is 0 Å². The number of amides is 1. The lowest BCUT2D eigenvalue weighted by molar-refractivity contribution is -0.132. The molecule has 1 amide bonds. The third-order valence-corrected chi connectivity index (χ3v) is 6.98. The maximum atomic E-state index is 12.9. The fraction of sp³-hybridized carbons (Fsp3) is 0.762. The van der Waals surface area contributed by atoms with Crippen molar-refractivity contribution in [3.63, 3.8) is 0 Å². The van der Waals surface area contributed by atoms with Crippen molar-refractivity contribution >= 4 is 11.7 Å². The van der Waals surface area contributed by atoms with E-state index in [1.165, 1.54) is 0 Å². The predicted molar refractivity (Wildman–Crippen MR) is 105 cm³/mol. The maximum Gasteiger partial charge on any atom is 0.224 e. The molecule has 0 saturated carbocycles. The first kappa shape index (κ1) is 19.6. The molecule has 0 unspecified atom stereocenters. The third-order valence-electron chi connectivity index (χ3n) is 6.98. The molecule has 0 radical (unpaired) electrons. The van der Waals surface area contributed by atoms with Crippen LogP contribution in [-0.2, 0) is 16.1 Å². The summed E-state index contributed by atoms with van der Waals surface area (Å²) in [5, 5.41) is 4.46. The minimum atomic E-state index is -0.110. The van der Waals surface area contributed by atoms with E-state index in [0.29, 0.717) is 36.5 Å². The summed E-state index contributed by atoms with van der Waals surface area (Å²) in [7, 11) is 4.22. The largest absolute Gasteiger partial charge is 0.369 e. The number of aryl methyl sites for hydroxylation is 2. The topological polar surface area (TPSA) is 67.7 Å². The number of hydrogen-bond acceptors (Lipinski definition) is 5. The number of ketones is 1. The lowest BCUT2D eigenvalue weighted by Crippen LogP contribution is -2.40. The van der Waals surface area contributed by atoms with E-state index in [1.54, 1.807) is 11.6 Å². The predicted octanol–water partition coefficient (Wildman–Crippen LogP) is 1.66. The van der Waals surface area contributed by atoms with Crippen LogP contribution in [0.1, 0.15) is 47.9 Å². The molecular formula is C21H32N4O3. The molecule has 28 heavy (non-hydrogen) atoms. The summed E-state index contributed by atoms with van der Waals surface area (Å²) in [5.41, 5.74) is 2.16. The SMILES string of the molecule is CC(=O)c1c(C)nn(CCC(=O)N2C[C@H]3[C@@H](CN(C)C)[C@@H]4CC[C@@]3(C2)O4)c1C. The molecule has 4 heterocycles. The van der Waals surface area contributed by atoms with Crippen LogP contribution in [0, 0.1) is 25.7 Å². The number of rotatable bonds is 6. The van der Waals surface area contributed by atoms with Gasteiger partial charge in [-0.1, -0.05) is 0 Å². The Bertz CT molecular complexity index is 802. The van der Waals surface area contributed by atoms with E-state index in [1.807, 2.05) is 18.7 Å². The summed E-state index contributed by atoms with van der Waals surface area (Å²) in [4.78, 5) is 29.0. The maximum absolute atomic E-state index is 12.9. The van der Waals surface area contributed by atoms with Crippen LogP contribution in [0.2, 0.25) is 0 Å². The van der Waals surface area contributed by atoms with Crippen LogP contribution in [0.3, 0.4) is 0 Å². The van der Waals surface area contributed by atoms with Gasteiger partial charge in [-0.25, -0.2) is 0 Å². The zero-order valence-electron chi connectivity index (χ0n) is 17.7. The molecule has 3 aliphatic rings. The lowest BCUT2D eigenvalue weighted by Gasteiger charge is -2.30. The zero-order valence-corrected chi connectivity index (χ0v) is 17.7. The standard InChI is InChI=1S/C21H32N4O3/c1-13-20(15(3)26)14(2)25(22-13)9-7-19(27)24-11-17-16(10-23(4)5)18-6-8-21(17,12-24)28-18/h16-18H,6-12H2,1-5H3/t16-,17+,18+,21+/m1/s1. The van der Waals surface area contributed by atoms with Crippen LogP contribution in [0.5, 0.6) is 0 Å². The first-order valence-electron chi connectivity index (χ1n) is 10.4. The molecule has 1 aromatic heterocycles. The number of hydrogen-bond donors (Lipinski definition) is 0. The van der Waals surface area contributed by atoms with Gasteiger partial charge in [0.15, 0.2) is 5.78 Å². The van der Waals surface area contributed by atoms with Gasteiger partial charge in [-0.15, -0.1) is 0 Å². The van der Waals surface area contributed by atoms with E-state index < -0.39 is 0 Å². The van der Waals surface area contributed by atoms with Gasteiger partial charge in [0.25, 0.3) is 0 Å². The lowest BCUT2D eigenvalue weighted by atomic mass is 9.73. The fourth-order valence-electron chi connectivity index (χ4n) is 5.83. The Labute approximate surface area is 167 Å². The number of fused-ring (bicyclic) bond motifs is 1. The highest BCUT2D eigenvalue weighted by Gasteiger charge is 2.63. The number of likely N-dealkylation sites (tertiary alicyclic amines) is 1. The summed E-state index contributed by atoms with van der Waals surface area (Å²) in [6, 6.07) is 0. The molecule has 3 aliphatic heterocycles. The molecule has 7 nitrogen and oxygen atoms in total. The summed E-state index contributed by atoms with van der Waals surface area (Å²) < 4.78 is 8.23. The number of Topliss-reactive ketones (excluding diaryl/α,β-unsaturated/α-hetero) is 1. The Kier molecular flexibility index (Phi) is 4.86. The number of carbonyl (C=O) groups is 2. The molecule has 3 saturated heterocycles. The van der Waals surface area contributed by atoms with Crippen LogP contribution < -0.4 is 0 Å². The van der Waals surface area contributed by atoms with Crippen molar-refractivity contribution in [2.75, 3.05) is 33.7 Å². The van der Waals surface area contributed by atoms with Crippen LogP contribution in [0.15, 0.2) is 0 Å². The van der Waals surface area contributed by atoms with Gasteiger partial charge in [-0.2, -0.15) is 5.10 Å². The second-order valence-electron chi connectivity index (χ2n) is 9.14. The quantitative estimate of drug-likeness (QED) is 0.694. The molecule has 1 spiro atoms. The Morgan fingerprint density at radius 2 is 2.07 bits per heavy atom. The number of nitrogens with zero attached hydrogens (tertiary/aromatic N) is 4. The van der Waals surface area contributed by atoms with Gasteiger partial charge in [0.2, 0.25) is 5.91 Å². The van der Waals surface area contributed by atoms with Gasteiger partial charge in [0.05, 0.1) is 29.5 Å². The smallest absolute Gasteiger partial charge is 0.224 e. The van der Waals surface area contributed by atoms with Crippen LogP contribution in [-0.4, -0.2) is 76.7 Å². The molecule has 1 aromatic rings. The van der Waals surface area contributed by atoms with Gasteiger partial charge in [-0.3, -0.25) is 14.3 Å². The molecular weight excluding hydrogens is 356 g/mol. The van der Waals surface area contributed by atoms with E-state index in [4.69, 9.17) is 4.74 Å². The molecule has 0 N–H and O–H groups in total. The summed E-state index contributed by atoms with van der Waals surface area (Å²) in [6.07, 6.45) is 2.97. The molecule has 7 heteroatoms. The first-order valence-corrected chi connectivity index (χ1v) is 10.4. The molecule has 154 valence electrons. The van der Waals surface area contributed by atoms with E-state index in [9.17, 15) is 9.59 Å². The molecule has 4 atom stereocenters. The van der Waals surface area contributed by atoms with Crippen molar-refractivity contribution in [1.29, 1.82) is 0 Å². The fourth-order valence-corrected chi connectivity index (χ4v) is 5.83. The van der Waals surface area contributed by atoms with Gasteiger partial charge in [0.1, 0.15) is 0 Å². The average molecular weight is 389 g/mol. The molecule has 0 aromatic carbocycles. The second kappa shape index (κ2) is 6.95. The molecule has 3 fully saturated rings.